The van der Waals surface area contributed by atoms with Crippen LogP contribution < -0.4 is 0 Å². The molecule has 2 aliphatic carbocycles. The SMILES string of the molecule is C=C(C)C(=O)OC1OCC2C3CCC(C3)C12. The quantitative estimate of drug-likeness (QED) is 0.530. The molecule has 1 aliphatic heterocycles. The number of rotatable bonds is 2. The Kier molecular flexibility index (Phi) is 2.32. The Labute approximate surface area is 95.8 Å². The second-order valence-electron chi connectivity index (χ2n) is 5.46. The number of esters is 1. The Morgan fingerprint density at radius 2 is 2.12 bits per heavy atom. The second-order valence-corrected chi connectivity index (χ2v) is 5.46. The summed E-state index contributed by atoms with van der Waals surface area (Å²) in [5.41, 5.74) is 0.454. The number of hydrogen-bond donors (Lipinski definition) is 0. The van der Waals surface area contributed by atoms with Crippen LogP contribution in [0.5, 0.6) is 0 Å². The van der Waals surface area contributed by atoms with E-state index in [0.717, 1.165) is 18.4 Å². The molecule has 3 aliphatic rings. The molecule has 0 N–H and O–H groups in total. The van der Waals surface area contributed by atoms with Crippen LogP contribution in [0.3, 0.4) is 0 Å². The number of hydrogen-bond acceptors (Lipinski definition) is 3. The summed E-state index contributed by atoms with van der Waals surface area (Å²) in [4.78, 5) is 11.5. The van der Waals surface area contributed by atoms with Crippen molar-refractivity contribution in [3.63, 3.8) is 0 Å². The minimum Gasteiger partial charge on any atom is -0.432 e. The van der Waals surface area contributed by atoms with E-state index >= 15 is 0 Å². The minimum absolute atomic E-state index is 0.301. The summed E-state index contributed by atoms with van der Waals surface area (Å²) >= 11 is 0. The molecule has 3 rings (SSSR count). The Morgan fingerprint density at radius 1 is 1.38 bits per heavy atom. The standard InChI is InChI=1S/C13H18O3/c1-7(2)12(14)16-13-11-9-4-3-8(5-9)10(11)6-15-13/h8-11,13H,1,3-6H2,2H3. The van der Waals surface area contributed by atoms with E-state index < -0.39 is 0 Å². The molecular formula is C13H18O3. The lowest BCUT2D eigenvalue weighted by molar-refractivity contribution is -0.173. The summed E-state index contributed by atoms with van der Waals surface area (Å²) in [6, 6.07) is 0. The molecule has 0 amide bonds. The van der Waals surface area contributed by atoms with Crippen molar-refractivity contribution < 1.29 is 14.3 Å². The first-order valence-corrected chi connectivity index (χ1v) is 6.15. The smallest absolute Gasteiger partial charge is 0.335 e. The third-order valence-electron chi connectivity index (χ3n) is 4.50. The molecule has 2 saturated carbocycles. The van der Waals surface area contributed by atoms with E-state index in [1.807, 2.05) is 0 Å². The van der Waals surface area contributed by atoms with Gasteiger partial charge in [0.2, 0.25) is 6.29 Å². The molecule has 5 atom stereocenters. The molecule has 16 heavy (non-hydrogen) atoms. The lowest BCUT2D eigenvalue weighted by Crippen LogP contribution is -2.30. The average molecular weight is 222 g/mol. The van der Waals surface area contributed by atoms with Crippen LogP contribution in [-0.2, 0) is 14.3 Å². The van der Waals surface area contributed by atoms with E-state index in [2.05, 4.69) is 6.58 Å². The Balaban J connectivity index is 1.70. The van der Waals surface area contributed by atoms with Gasteiger partial charge in [0.05, 0.1) is 6.61 Å². The van der Waals surface area contributed by atoms with Crippen molar-refractivity contribution >= 4 is 5.97 Å². The molecule has 0 radical (unpaired) electrons. The van der Waals surface area contributed by atoms with Gasteiger partial charge in [0, 0.05) is 11.5 Å². The van der Waals surface area contributed by atoms with Gasteiger partial charge >= 0.3 is 5.97 Å². The maximum Gasteiger partial charge on any atom is 0.335 e. The van der Waals surface area contributed by atoms with E-state index in [-0.39, 0.29) is 12.3 Å². The molecule has 5 unspecified atom stereocenters. The van der Waals surface area contributed by atoms with Crippen LogP contribution in [0.1, 0.15) is 26.2 Å². The van der Waals surface area contributed by atoms with Crippen molar-refractivity contribution in [3.8, 4) is 0 Å². The van der Waals surface area contributed by atoms with Gasteiger partial charge in [-0.2, -0.15) is 0 Å². The maximum absolute atomic E-state index is 11.5. The van der Waals surface area contributed by atoms with Crippen LogP contribution in [-0.4, -0.2) is 18.9 Å². The lowest BCUT2D eigenvalue weighted by Gasteiger charge is -2.26. The Hall–Kier alpha value is -0.830. The minimum atomic E-state index is -0.312. The molecule has 0 aromatic rings. The highest BCUT2D eigenvalue weighted by Crippen LogP contribution is 2.56. The lowest BCUT2D eigenvalue weighted by atomic mass is 9.81. The van der Waals surface area contributed by atoms with E-state index in [1.165, 1.54) is 19.3 Å². The fourth-order valence-corrected chi connectivity index (χ4v) is 3.76. The number of carbonyl (C=O) groups is 1. The van der Waals surface area contributed by atoms with E-state index in [9.17, 15) is 4.79 Å². The predicted octanol–water partition coefficient (Wildman–Crippen LogP) is 2.12. The van der Waals surface area contributed by atoms with Gasteiger partial charge in [0.15, 0.2) is 0 Å². The summed E-state index contributed by atoms with van der Waals surface area (Å²) < 4.78 is 11.0. The first kappa shape index (κ1) is 10.3. The Bertz CT molecular complexity index is 336. The zero-order valence-corrected chi connectivity index (χ0v) is 9.65. The second kappa shape index (κ2) is 3.59. The van der Waals surface area contributed by atoms with Crippen molar-refractivity contribution in [2.24, 2.45) is 23.7 Å². The molecule has 3 nitrogen and oxygen atoms in total. The third-order valence-corrected chi connectivity index (χ3v) is 4.50. The summed E-state index contributed by atoms with van der Waals surface area (Å²) in [5.74, 6) is 2.33. The zero-order chi connectivity index (χ0) is 11.3. The van der Waals surface area contributed by atoms with Crippen LogP contribution in [0, 0.1) is 23.7 Å². The highest BCUT2D eigenvalue weighted by molar-refractivity contribution is 5.87. The molecule has 3 heteroatoms. The molecule has 0 spiro atoms. The van der Waals surface area contributed by atoms with Crippen LogP contribution in [0.2, 0.25) is 0 Å². The van der Waals surface area contributed by atoms with Crippen molar-refractivity contribution in [1.82, 2.24) is 0 Å². The first-order valence-electron chi connectivity index (χ1n) is 6.15. The normalized spacial score (nSPS) is 44.4. The first-order chi connectivity index (χ1) is 7.66. The molecule has 0 aromatic carbocycles. The topological polar surface area (TPSA) is 35.5 Å². The van der Waals surface area contributed by atoms with Crippen LogP contribution in [0.25, 0.3) is 0 Å². The van der Waals surface area contributed by atoms with Gasteiger partial charge in [-0.15, -0.1) is 0 Å². The zero-order valence-electron chi connectivity index (χ0n) is 9.65. The van der Waals surface area contributed by atoms with Gasteiger partial charge < -0.3 is 9.47 Å². The van der Waals surface area contributed by atoms with Crippen molar-refractivity contribution in [3.05, 3.63) is 12.2 Å². The van der Waals surface area contributed by atoms with Gasteiger partial charge in [0.1, 0.15) is 0 Å². The van der Waals surface area contributed by atoms with Crippen LogP contribution in [0.15, 0.2) is 12.2 Å². The number of ether oxygens (including phenoxy) is 2. The third kappa shape index (κ3) is 1.41. The van der Waals surface area contributed by atoms with Gasteiger partial charge in [-0.25, -0.2) is 4.79 Å². The van der Waals surface area contributed by atoms with Crippen LogP contribution >= 0.6 is 0 Å². The van der Waals surface area contributed by atoms with E-state index in [0.29, 0.717) is 17.4 Å². The van der Waals surface area contributed by atoms with Crippen molar-refractivity contribution in [2.45, 2.75) is 32.5 Å². The Morgan fingerprint density at radius 3 is 2.88 bits per heavy atom. The van der Waals surface area contributed by atoms with Crippen LogP contribution in [0.4, 0.5) is 0 Å². The van der Waals surface area contributed by atoms with Gasteiger partial charge in [0.25, 0.3) is 0 Å². The average Bonchev–Trinajstić information content (AvgIpc) is 2.88. The largest absolute Gasteiger partial charge is 0.432 e. The van der Waals surface area contributed by atoms with Gasteiger partial charge in [-0.05, 0) is 43.9 Å². The predicted molar refractivity (Wildman–Crippen MR) is 58.5 cm³/mol. The molecule has 1 heterocycles. The van der Waals surface area contributed by atoms with Crippen molar-refractivity contribution in [1.29, 1.82) is 0 Å². The van der Waals surface area contributed by atoms with E-state index in [4.69, 9.17) is 9.47 Å². The van der Waals surface area contributed by atoms with Crippen molar-refractivity contribution in [2.75, 3.05) is 6.61 Å². The maximum atomic E-state index is 11.5. The molecule has 88 valence electrons. The molecule has 3 fully saturated rings. The summed E-state index contributed by atoms with van der Waals surface area (Å²) in [6.45, 7) is 6.05. The fourth-order valence-electron chi connectivity index (χ4n) is 3.76. The number of fused-ring (bicyclic) bond motifs is 5. The van der Waals surface area contributed by atoms with Gasteiger partial charge in [-0.3, -0.25) is 0 Å². The fraction of sp³-hybridized carbons (Fsp3) is 0.769. The summed E-state index contributed by atoms with van der Waals surface area (Å²) in [7, 11) is 0. The summed E-state index contributed by atoms with van der Waals surface area (Å²) in [6.07, 6.45) is 3.65. The van der Waals surface area contributed by atoms with E-state index in [1.54, 1.807) is 6.92 Å². The molecule has 1 saturated heterocycles. The molecule has 2 bridgehead atoms. The molecule has 0 aromatic heterocycles. The highest BCUT2D eigenvalue weighted by atomic mass is 16.7. The monoisotopic (exact) mass is 222 g/mol. The number of carbonyl (C=O) groups excluding carboxylic acids is 1. The van der Waals surface area contributed by atoms with Gasteiger partial charge in [-0.1, -0.05) is 6.58 Å². The highest BCUT2D eigenvalue weighted by Gasteiger charge is 2.55. The summed E-state index contributed by atoms with van der Waals surface area (Å²) in [5, 5.41) is 0. The molecular weight excluding hydrogens is 204 g/mol.